The molecule has 0 heterocycles. The molecule has 1 amide bonds. The predicted octanol–water partition coefficient (Wildman–Crippen LogP) is 4.74. The largest absolute Gasteiger partial charge is 0.444 e. The van der Waals surface area contributed by atoms with Crippen LogP contribution >= 0.6 is 0 Å². The summed E-state index contributed by atoms with van der Waals surface area (Å²) in [5.74, 6) is 1.34. The van der Waals surface area contributed by atoms with Crippen LogP contribution in [0.4, 0.5) is 4.79 Å². The van der Waals surface area contributed by atoms with Crippen LogP contribution in [0.5, 0.6) is 0 Å². The molecule has 0 aromatic rings. The minimum Gasteiger partial charge on any atom is -0.444 e. The SMILES string of the molecule is CC(C)(C)OC(=O)N[C@H]([C]1[CH][CH][CH][C]1[S@@](=O)C(C)(C)C)C1CCCCC1. The highest BCUT2D eigenvalue weighted by Gasteiger charge is 2.45. The van der Waals surface area contributed by atoms with E-state index in [-0.39, 0.29) is 10.8 Å². The Morgan fingerprint density at radius 2 is 1.73 bits per heavy atom. The summed E-state index contributed by atoms with van der Waals surface area (Å²) in [5.41, 5.74) is -0.537. The van der Waals surface area contributed by atoms with Crippen molar-refractivity contribution in [1.82, 2.24) is 5.32 Å². The van der Waals surface area contributed by atoms with Crippen molar-refractivity contribution in [3.8, 4) is 0 Å². The quantitative estimate of drug-likeness (QED) is 0.766. The molecule has 0 aliphatic heterocycles. The average Bonchev–Trinajstić information content (AvgIpc) is 2.99. The van der Waals surface area contributed by atoms with E-state index in [0.717, 1.165) is 24.0 Å². The fourth-order valence-electron chi connectivity index (χ4n) is 3.52. The molecule has 2 atom stereocenters. The lowest BCUT2D eigenvalue weighted by atomic mass is 9.78. The molecule has 0 bridgehead atoms. The van der Waals surface area contributed by atoms with Gasteiger partial charge in [0.05, 0.1) is 5.25 Å². The molecule has 26 heavy (non-hydrogen) atoms. The zero-order valence-electron chi connectivity index (χ0n) is 17.1. The van der Waals surface area contributed by atoms with E-state index >= 15 is 0 Å². The van der Waals surface area contributed by atoms with Crippen LogP contribution in [-0.4, -0.2) is 26.7 Å². The van der Waals surface area contributed by atoms with Gasteiger partial charge in [-0.05, 0) is 79.6 Å². The standard InChI is InChI=1S/C21H34NO3S/c1-20(2,3)25-19(23)22-18(15-11-8-7-9-12-15)16-13-10-14-17(16)26(24)21(4,5)6/h10,13-15,18H,7-9,11-12H2,1-6H3,(H,22,23)/t18-,26+/m0/s1. The first-order valence-electron chi connectivity index (χ1n) is 9.66. The van der Waals surface area contributed by atoms with Crippen LogP contribution < -0.4 is 5.32 Å². The monoisotopic (exact) mass is 380 g/mol. The Morgan fingerprint density at radius 3 is 2.27 bits per heavy atom. The number of nitrogens with one attached hydrogen (secondary N) is 1. The van der Waals surface area contributed by atoms with Crippen LogP contribution in [0.2, 0.25) is 0 Å². The Bertz CT molecular complexity index is 500. The molecule has 147 valence electrons. The molecule has 0 aromatic heterocycles. The first kappa shape index (κ1) is 21.7. The minimum atomic E-state index is -1.13. The zero-order chi connectivity index (χ0) is 19.5. The van der Waals surface area contributed by atoms with Crippen molar-refractivity contribution < 1.29 is 13.7 Å². The molecule has 2 rings (SSSR count). The lowest BCUT2D eigenvalue weighted by Crippen LogP contribution is -2.48. The molecule has 4 nitrogen and oxygen atoms in total. The topological polar surface area (TPSA) is 55.4 Å². The van der Waals surface area contributed by atoms with Crippen LogP contribution in [0, 0.1) is 36.3 Å². The Morgan fingerprint density at radius 1 is 1.12 bits per heavy atom. The molecule has 2 aliphatic carbocycles. The Hall–Kier alpha value is -0.580. The van der Waals surface area contributed by atoms with Crippen LogP contribution in [0.15, 0.2) is 0 Å². The molecule has 2 fully saturated rings. The summed E-state index contributed by atoms with van der Waals surface area (Å²) >= 11 is 0. The Labute approximate surface area is 162 Å². The number of ether oxygens (including phenoxy) is 1. The van der Waals surface area contributed by atoms with Crippen LogP contribution in [-0.2, 0) is 15.5 Å². The van der Waals surface area contributed by atoms with Crippen molar-refractivity contribution in [2.24, 2.45) is 5.92 Å². The van der Waals surface area contributed by atoms with Gasteiger partial charge in [0, 0.05) is 27.5 Å². The number of amides is 1. The molecule has 2 aliphatic rings. The highest BCUT2D eigenvalue weighted by molar-refractivity contribution is 7.89. The summed E-state index contributed by atoms with van der Waals surface area (Å²) in [5, 5.41) is 3.93. The molecule has 5 radical (unpaired) electrons. The highest BCUT2D eigenvalue weighted by atomic mass is 32.2. The lowest BCUT2D eigenvalue weighted by Gasteiger charge is -2.38. The number of carbonyl (C=O) groups excluding carboxylic acids is 1. The molecular weight excluding hydrogens is 346 g/mol. The number of rotatable bonds is 4. The molecule has 5 heteroatoms. The van der Waals surface area contributed by atoms with E-state index in [0.29, 0.717) is 5.92 Å². The number of carbonyl (C=O) groups is 1. The van der Waals surface area contributed by atoms with E-state index in [1.807, 2.05) is 60.8 Å². The average molecular weight is 381 g/mol. The van der Waals surface area contributed by atoms with Crippen molar-refractivity contribution in [1.29, 1.82) is 0 Å². The second-order valence-electron chi connectivity index (χ2n) is 9.25. The Kier molecular flexibility index (Phi) is 7.20. The van der Waals surface area contributed by atoms with E-state index in [4.69, 9.17) is 4.74 Å². The smallest absolute Gasteiger partial charge is 0.407 e. The molecule has 2 saturated carbocycles. The maximum absolute atomic E-state index is 13.0. The second kappa shape index (κ2) is 8.62. The summed E-state index contributed by atoms with van der Waals surface area (Å²) < 4.78 is 18.2. The van der Waals surface area contributed by atoms with E-state index in [1.165, 1.54) is 19.3 Å². The third-order valence-corrected chi connectivity index (χ3v) is 6.58. The van der Waals surface area contributed by atoms with Gasteiger partial charge in [0.2, 0.25) is 0 Å². The first-order chi connectivity index (χ1) is 12.0. The summed E-state index contributed by atoms with van der Waals surface area (Å²) in [7, 11) is -1.13. The van der Waals surface area contributed by atoms with Gasteiger partial charge in [-0.2, -0.15) is 0 Å². The molecule has 0 aromatic carbocycles. The summed E-state index contributed by atoms with van der Waals surface area (Å²) in [4.78, 5) is 12.5. The van der Waals surface area contributed by atoms with Gasteiger partial charge >= 0.3 is 6.09 Å². The van der Waals surface area contributed by atoms with Crippen molar-refractivity contribution in [2.45, 2.75) is 90.0 Å². The van der Waals surface area contributed by atoms with Gasteiger partial charge in [-0.1, -0.05) is 19.3 Å². The molecule has 0 saturated heterocycles. The number of hydrogen-bond acceptors (Lipinski definition) is 3. The van der Waals surface area contributed by atoms with Crippen molar-refractivity contribution >= 4 is 16.9 Å². The zero-order valence-corrected chi connectivity index (χ0v) is 17.9. The Balaban J connectivity index is 2.19. The van der Waals surface area contributed by atoms with Crippen LogP contribution in [0.25, 0.3) is 0 Å². The number of hydrogen-bond donors (Lipinski definition) is 1. The minimum absolute atomic E-state index is 0.151. The van der Waals surface area contributed by atoms with Gasteiger partial charge in [0.25, 0.3) is 0 Å². The van der Waals surface area contributed by atoms with Gasteiger partial charge in [-0.25, -0.2) is 4.79 Å². The molecule has 1 N–H and O–H groups in total. The van der Waals surface area contributed by atoms with E-state index in [1.54, 1.807) is 0 Å². The van der Waals surface area contributed by atoms with Gasteiger partial charge in [-0.3, -0.25) is 4.21 Å². The van der Waals surface area contributed by atoms with Crippen LogP contribution in [0.3, 0.4) is 0 Å². The fourth-order valence-corrected chi connectivity index (χ4v) is 4.80. The van der Waals surface area contributed by atoms with Crippen LogP contribution in [0.1, 0.15) is 73.6 Å². The molecular formula is C21H34NO3S. The highest BCUT2D eigenvalue weighted by Crippen LogP contribution is 2.45. The number of alkyl carbamates (subject to hydrolysis) is 1. The fraction of sp³-hybridized carbons (Fsp3) is 0.714. The third kappa shape index (κ3) is 5.97. The molecule has 0 spiro atoms. The van der Waals surface area contributed by atoms with Crippen molar-refractivity contribution in [3.63, 3.8) is 0 Å². The van der Waals surface area contributed by atoms with Crippen molar-refractivity contribution in [3.05, 3.63) is 30.4 Å². The van der Waals surface area contributed by atoms with E-state index in [9.17, 15) is 9.00 Å². The van der Waals surface area contributed by atoms with Gasteiger partial charge in [0.1, 0.15) is 5.60 Å². The summed E-state index contributed by atoms with van der Waals surface area (Å²) in [6.45, 7) is 11.5. The maximum atomic E-state index is 13.0. The normalized spacial score (nSPS) is 23.6. The van der Waals surface area contributed by atoms with E-state index < -0.39 is 22.5 Å². The van der Waals surface area contributed by atoms with Gasteiger partial charge in [-0.15, -0.1) is 0 Å². The summed E-state index contributed by atoms with van der Waals surface area (Å²) in [6.07, 6.45) is 11.2. The van der Waals surface area contributed by atoms with Gasteiger partial charge < -0.3 is 10.1 Å². The van der Waals surface area contributed by atoms with Gasteiger partial charge in [0.15, 0.2) is 0 Å². The molecule has 0 unspecified atom stereocenters. The lowest BCUT2D eigenvalue weighted by molar-refractivity contribution is 0.0484. The predicted molar refractivity (Wildman–Crippen MR) is 107 cm³/mol. The van der Waals surface area contributed by atoms with Crippen molar-refractivity contribution in [2.75, 3.05) is 0 Å². The summed E-state index contributed by atoms with van der Waals surface area (Å²) in [6, 6.07) is -0.151. The second-order valence-corrected chi connectivity index (χ2v) is 11.5. The third-order valence-electron chi connectivity index (χ3n) is 4.69. The van der Waals surface area contributed by atoms with E-state index in [2.05, 4.69) is 5.32 Å². The first-order valence-corrected chi connectivity index (χ1v) is 10.8. The maximum Gasteiger partial charge on any atom is 0.407 e.